The monoisotopic (exact) mass is 260 g/mol. The molecule has 3 nitrogen and oxygen atoms in total. The van der Waals surface area contributed by atoms with Crippen LogP contribution in [0.25, 0.3) is 22.9 Å². The first-order chi connectivity index (χ1) is 8.42. The predicted octanol–water partition coefficient (Wildman–Crippen LogP) is 4.03. The number of aromatic nitrogens is 2. The lowest BCUT2D eigenvalue weighted by Crippen LogP contribution is -1.71. The van der Waals surface area contributed by atoms with E-state index in [9.17, 15) is 0 Å². The molecule has 0 N–H and O–H groups in total. The third-order valence-electron chi connectivity index (χ3n) is 2.11. The van der Waals surface area contributed by atoms with Gasteiger partial charge < -0.3 is 4.42 Å². The first-order valence-corrected chi connectivity index (χ1v) is 6.77. The summed E-state index contributed by atoms with van der Waals surface area (Å²) in [5.74, 6) is 1.10. The molecule has 0 amide bonds. The summed E-state index contributed by atoms with van der Waals surface area (Å²) >= 11 is 3.26. The average molecular weight is 260 g/mol. The van der Waals surface area contributed by atoms with Gasteiger partial charge in [0.2, 0.25) is 5.89 Å². The second-order valence-corrected chi connectivity index (χ2v) is 5.20. The van der Waals surface area contributed by atoms with E-state index in [1.165, 1.54) is 4.88 Å². The van der Waals surface area contributed by atoms with E-state index in [4.69, 9.17) is 4.42 Å². The highest BCUT2D eigenvalue weighted by molar-refractivity contribution is 7.13. The fourth-order valence-electron chi connectivity index (χ4n) is 1.34. The van der Waals surface area contributed by atoms with Crippen molar-refractivity contribution in [2.45, 2.75) is 0 Å². The molecule has 0 saturated heterocycles. The minimum atomic E-state index is 0.529. The van der Waals surface area contributed by atoms with Crippen LogP contribution in [0.1, 0.15) is 10.8 Å². The summed E-state index contributed by atoms with van der Waals surface area (Å²) < 4.78 is 5.53. The lowest BCUT2D eigenvalue weighted by molar-refractivity contribution is 0.559. The van der Waals surface area contributed by atoms with Crippen molar-refractivity contribution in [3.63, 3.8) is 0 Å². The van der Waals surface area contributed by atoms with Gasteiger partial charge >= 0.3 is 0 Å². The molecule has 0 aromatic carbocycles. The topological polar surface area (TPSA) is 38.9 Å². The number of thiophene rings is 2. The van der Waals surface area contributed by atoms with Crippen LogP contribution in [0, 0.1) is 0 Å². The maximum absolute atomic E-state index is 5.53. The Morgan fingerprint density at radius 2 is 1.88 bits per heavy atom. The van der Waals surface area contributed by atoms with Crippen LogP contribution < -0.4 is 0 Å². The van der Waals surface area contributed by atoms with Crippen LogP contribution in [0.5, 0.6) is 0 Å². The third kappa shape index (κ3) is 2.35. The van der Waals surface area contributed by atoms with E-state index in [2.05, 4.69) is 10.2 Å². The van der Waals surface area contributed by atoms with E-state index in [1.807, 2.05) is 47.2 Å². The van der Waals surface area contributed by atoms with Crippen molar-refractivity contribution in [2.24, 2.45) is 0 Å². The van der Waals surface area contributed by atoms with Gasteiger partial charge in [0.15, 0.2) is 0 Å². The van der Waals surface area contributed by atoms with Gasteiger partial charge in [0, 0.05) is 11.0 Å². The molecule has 3 heterocycles. The normalized spacial score (nSPS) is 11.3. The largest absolute Gasteiger partial charge is 0.416 e. The van der Waals surface area contributed by atoms with E-state index in [0.717, 1.165) is 4.88 Å². The van der Waals surface area contributed by atoms with Gasteiger partial charge in [-0.25, -0.2) is 0 Å². The fourth-order valence-corrected chi connectivity index (χ4v) is 2.60. The number of hydrogen-bond donors (Lipinski definition) is 0. The molecule has 0 aliphatic rings. The van der Waals surface area contributed by atoms with Crippen LogP contribution in [0.3, 0.4) is 0 Å². The van der Waals surface area contributed by atoms with Gasteiger partial charge in [-0.3, -0.25) is 0 Å². The fraction of sp³-hybridized carbons (Fsp3) is 0. The first-order valence-electron chi connectivity index (χ1n) is 5.01. The summed E-state index contributed by atoms with van der Waals surface area (Å²) in [6.07, 6.45) is 3.80. The summed E-state index contributed by atoms with van der Waals surface area (Å²) in [7, 11) is 0. The molecule has 0 saturated carbocycles. The van der Waals surface area contributed by atoms with Crippen LogP contribution in [-0.2, 0) is 0 Å². The number of hydrogen-bond acceptors (Lipinski definition) is 5. The molecule has 0 aliphatic heterocycles. The Morgan fingerprint density at radius 3 is 2.65 bits per heavy atom. The lowest BCUT2D eigenvalue weighted by Gasteiger charge is -1.84. The molecule has 0 fully saturated rings. The molecule has 84 valence electrons. The quantitative estimate of drug-likeness (QED) is 0.713. The average Bonchev–Trinajstić information content (AvgIpc) is 3.09. The molecule has 0 spiro atoms. The van der Waals surface area contributed by atoms with E-state index < -0.39 is 0 Å². The standard InChI is InChI=1S/C12H8N2OS2/c1-3-9(16-7-1)5-6-11-13-14-12(15-11)10-4-2-8-17-10/h1-8H/b6-5+. The van der Waals surface area contributed by atoms with E-state index in [-0.39, 0.29) is 0 Å². The summed E-state index contributed by atoms with van der Waals surface area (Å²) in [5.41, 5.74) is 0. The smallest absolute Gasteiger partial charge is 0.258 e. The van der Waals surface area contributed by atoms with Gasteiger partial charge in [-0.1, -0.05) is 12.1 Å². The van der Waals surface area contributed by atoms with E-state index >= 15 is 0 Å². The Morgan fingerprint density at radius 1 is 1.00 bits per heavy atom. The van der Waals surface area contributed by atoms with Crippen molar-refractivity contribution in [1.29, 1.82) is 0 Å². The van der Waals surface area contributed by atoms with Crippen LogP contribution in [0.2, 0.25) is 0 Å². The van der Waals surface area contributed by atoms with Crippen LogP contribution in [0.4, 0.5) is 0 Å². The predicted molar refractivity (Wildman–Crippen MR) is 70.9 cm³/mol. The van der Waals surface area contributed by atoms with Crippen LogP contribution >= 0.6 is 22.7 Å². The van der Waals surface area contributed by atoms with Gasteiger partial charge in [0.1, 0.15) is 0 Å². The molecular formula is C12H8N2OS2. The molecule has 0 unspecified atom stereocenters. The van der Waals surface area contributed by atoms with Gasteiger partial charge in [0.05, 0.1) is 4.88 Å². The Kier molecular flexibility index (Phi) is 2.85. The van der Waals surface area contributed by atoms with Crippen molar-refractivity contribution in [2.75, 3.05) is 0 Å². The zero-order chi connectivity index (χ0) is 11.5. The van der Waals surface area contributed by atoms with Crippen LogP contribution in [-0.4, -0.2) is 10.2 Å². The van der Waals surface area contributed by atoms with Gasteiger partial charge in [-0.15, -0.1) is 32.9 Å². The molecule has 3 aromatic heterocycles. The van der Waals surface area contributed by atoms with Gasteiger partial charge in [-0.2, -0.15) is 0 Å². The number of nitrogens with zero attached hydrogens (tertiary/aromatic N) is 2. The minimum Gasteiger partial charge on any atom is -0.416 e. The van der Waals surface area contributed by atoms with Crippen molar-refractivity contribution in [3.05, 3.63) is 45.8 Å². The first kappa shape index (κ1) is 10.4. The molecule has 3 rings (SSSR count). The second-order valence-electron chi connectivity index (χ2n) is 3.27. The van der Waals surface area contributed by atoms with Gasteiger partial charge in [0.25, 0.3) is 5.89 Å². The lowest BCUT2D eigenvalue weighted by atomic mass is 10.4. The highest BCUT2D eigenvalue weighted by atomic mass is 32.1. The molecule has 3 aromatic rings. The molecule has 0 aliphatic carbocycles. The third-order valence-corrected chi connectivity index (χ3v) is 3.80. The molecule has 0 bridgehead atoms. The molecule has 5 heteroatoms. The Hall–Kier alpha value is -1.72. The second kappa shape index (κ2) is 4.65. The Balaban J connectivity index is 1.82. The SMILES string of the molecule is C(=C\c1cccs1)/c1nnc(-c2cccs2)o1. The van der Waals surface area contributed by atoms with Crippen molar-refractivity contribution in [3.8, 4) is 10.8 Å². The van der Waals surface area contributed by atoms with Gasteiger partial charge in [-0.05, 0) is 29.0 Å². The molecule has 0 atom stereocenters. The number of rotatable bonds is 3. The summed E-state index contributed by atoms with van der Waals surface area (Å²) in [6, 6.07) is 7.98. The summed E-state index contributed by atoms with van der Waals surface area (Å²) in [4.78, 5) is 2.16. The minimum absolute atomic E-state index is 0.529. The van der Waals surface area contributed by atoms with Crippen molar-refractivity contribution in [1.82, 2.24) is 10.2 Å². The summed E-state index contributed by atoms with van der Waals surface area (Å²) in [6.45, 7) is 0. The van der Waals surface area contributed by atoms with Crippen molar-refractivity contribution >= 4 is 34.8 Å². The molecule has 0 radical (unpaired) electrons. The highest BCUT2D eigenvalue weighted by Gasteiger charge is 2.06. The molecule has 17 heavy (non-hydrogen) atoms. The molecular weight excluding hydrogens is 252 g/mol. The maximum Gasteiger partial charge on any atom is 0.258 e. The highest BCUT2D eigenvalue weighted by Crippen LogP contribution is 2.23. The maximum atomic E-state index is 5.53. The Bertz CT molecular complexity index is 609. The zero-order valence-electron chi connectivity index (χ0n) is 8.74. The van der Waals surface area contributed by atoms with E-state index in [1.54, 1.807) is 22.7 Å². The Labute approximate surface area is 106 Å². The van der Waals surface area contributed by atoms with E-state index in [0.29, 0.717) is 11.8 Å². The van der Waals surface area contributed by atoms with Crippen molar-refractivity contribution < 1.29 is 4.42 Å². The summed E-state index contributed by atoms with van der Waals surface area (Å²) in [5, 5.41) is 12.0. The zero-order valence-corrected chi connectivity index (χ0v) is 10.4. The van der Waals surface area contributed by atoms with Crippen LogP contribution in [0.15, 0.2) is 39.4 Å².